The number of carbonyl (C=O) groups is 1. The molecule has 1 aromatic carbocycles. The predicted octanol–water partition coefficient (Wildman–Crippen LogP) is 1.48. The molecule has 0 spiro atoms. The molecule has 2 rings (SSSR count). The number of ether oxygens (including phenoxy) is 1. The first-order valence-electron chi connectivity index (χ1n) is 4.98. The Morgan fingerprint density at radius 3 is 2.76 bits per heavy atom. The Labute approximate surface area is 103 Å². The maximum atomic E-state index is 11.6. The van der Waals surface area contributed by atoms with Crippen molar-refractivity contribution in [2.24, 2.45) is 0 Å². The maximum absolute atomic E-state index is 11.6. The smallest absolute Gasteiger partial charge is 0.272 e. The van der Waals surface area contributed by atoms with Crippen LogP contribution in [0.3, 0.4) is 0 Å². The summed E-state index contributed by atoms with van der Waals surface area (Å²) >= 11 is 1.02. The van der Waals surface area contributed by atoms with Gasteiger partial charge in [-0.25, -0.2) is 0 Å². The maximum Gasteiger partial charge on any atom is 0.272 e. The molecule has 0 bridgehead atoms. The molecule has 0 aliphatic rings. The lowest BCUT2D eigenvalue weighted by atomic mass is 10.2. The van der Waals surface area contributed by atoms with Crippen molar-refractivity contribution in [3.8, 4) is 5.75 Å². The van der Waals surface area contributed by atoms with Gasteiger partial charge < -0.3 is 10.1 Å². The highest BCUT2D eigenvalue weighted by atomic mass is 32.1. The van der Waals surface area contributed by atoms with Gasteiger partial charge in [0.15, 0.2) is 5.69 Å². The molecule has 5 nitrogen and oxygen atoms in total. The molecule has 88 valence electrons. The number of hydrogen-bond donors (Lipinski definition) is 1. The molecule has 0 saturated carbocycles. The van der Waals surface area contributed by atoms with Gasteiger partial charge in [0.25, 0.3) is 5.91 Å². The van der Waals surface area contributed by atoms with E-state index in [4.69, 9.17) is 4.74 Å². The summed E-state index contributed by atoms with van der Waals surface area (Å²) < 4.78 is 12.7. The zero-order valence-corrected chi connectivity index (χ0v) is 10.0. The number of hydrogen-bond acceptors (Lipinski definition) is 5. The number of carbonyl (C=O) groups excluding carboxylic acids is 1. The van der Waals surface area contributed by atoms with E-state index in [-0.39, 0.29) is 5.91 Å². The van der Waals surface area contributed by atoms with Crippen LogP contribution in [0.15, 0.2) is 30.5 Å². The molecule has 0 aliphatic heterocycles. The molecule has 0 unspecified atom stereocenters. The van der Waals surface area contributed by atoms with Gasteiger partial charge in [-0.2, -0.15) is 8.75 Å². The number of aromatic nitrogens is 2. The van der Waals surface area contributed by atoms with E-state index in [9.17, 15) is 4.79 Å². The number of benzene rings is 1. The molecule has 1 N–H and O–H groups in total. The third kappa shape index (κ3) is 3.01. The van der Waals surface area contributed by atoms with Crippen LogP contribution >= 0.6 is 11.7 Å². The first kappa shape index (κ1) is 11.5. The highest BCUT2D eigenvalue weighted by Crippen LogP contribution is 2.11. The summed E-state index contributed by atoms with van der Waals surface area (Å²) in [7, 11) is 1.62. The summed E-state index contributed by atoms with van der Waals surface area (Å²) in [6.07, 6.45) is 1.45. The number of amides is 1. The van der Waals surface area contributed by atoms with Gasteiger partial charge in [-0.1, -0.05) is 12.1 Å². The van der Waals surface area contributed by atoms with Gasteiger partial charge in [-0.15, -0.1) is 0 Å². The third-order valence-corrected chi connectivity index (χ3v) is 2.68. The van der Waals surface area contributed by atoms with Crippen molar-refractivity contribution < 1.29 is 9.53 Å². The molecule has 2 aromatic rings. The van der Waals surface area contributed by atoms with Gasteiger partial charge in [0.05, 0.1) is 25.0 Å². The zero-order valence-electron chi connectivity index (χ0n) is 9.21. The highest BCUT2D eigenvalue weighted by Gasteiger charge is 2.07. The number of nitrogens with zero attached hydrogens (tertiary/aromatic N) is 2. The second kappa shape index (κ2) is 5.40. The predicted molar refractivity (Wildman–Crippen MR) is 64.1 cm³/mol. The van der Waals surface area contributed by atoms with E-state index in [1.807, 2.05) is 24.3 Å². The van der Waals surface area contributed by atoms with Crippen molar-refractivity contribution in [3.05, 3.63) is 41.7 Å². The largest absolute Gasteiger partial charge is 0.497 e. The van der Waals surface area contributed by atoms with Gasteiger partial charge in [0, 0.05) is 6.54 Å². The normalized spacial score (nSPS) is 9.94. The fourth-order valence-corrected chi connectivity index (χ4v) is 1.69. The lowest BCUT2D eigenvalue weighted by Crippen LogP contribution is -2.22. The third-order valence-electron chi connectivity index (χ3n) is 2.21. The molecule has 6 heteroatoms. The monoisotopic (exact) mass is 249 g/mol. The topological polar surface area (TPSA) is 64.1 Å². The molecule has 1 amide bonds. The van der Waals surface area contributed by atoms with Crippen LogP contribution in [0.25, 0.3) is 0 Å². The van der Waals surface area contributed by atoms with Crippen LogP contribution in [0.1, 0.15) is 16.1 Å². The lowest BCUT2D eigenvalue weighted by molar-refractivity contribution is 0.0947. The van der Waals surface area contributed by atoms with Crippen LogP contribution in [0.5, 0.6) is 5.75 Å². The minimum Gasteiger partial charge on any atom is -0.497 e. The fourth-order valence-electron chi connectivity index (χ4n) is 1.28. The van der Waals surface area contributed by atoms with Crippen molar-refractivity contribution in [3.63, 3.8) is 0 Å². The summed E-state index contributed by atoms with van der Waals surface area (Å²) in [5.74, 6) is 0.582. The van der Waals surface area contributed by atoms with Crippen LogP contribution < -0.4 is 10.1 Å². The molecule has 0 saturated heterocycles. The van der Waals surface area contributed by atoms with Crippen LogP contribution in [-0.2, 0) is 6.54 Å². The van der Waals surface area contributed by atoms with Crippen molar-refractivity contribution >= 4 is 17.6 Å². The van der Waals surface area contributed by atoms with Crippen LogP contribution in [0.2, 0.25) is 0 Å². The quantitative estimate of drug-likeness (QED) is 0.891. The Kier molecular flexibility index (Phi) is 3.66. The molecular weight excluding hydrogens is 238 g/mol. The molecule has 1 aromatic heterocycles. The minimum atomic E-state index is -0.213. The van der Waals surface area contributed by atoms with Crippen molar-refractivity contribution in [1.29, 1.82) is 0 Å². The van der Waals surface area contributed by atoms with Gasteiger partial charge in [-0.3, -0.25) is 4.79 Å². The van der Waals surface area contributed by atoms with E-state index < -0.39 is 0 Å². The van der Waals surface area contributed by atoms with Crippen molar-refractivity contribution in [1.82, 2.24) is 14.1 Å². The molecule has 0 aliphatic carbocycles. The van der Waals surface area contributed by atoms with Gasteiger partial charge in [-0.05, 0) is 17.7 Å². The molecule has 0 fully saturated rings. The second-order valence-corrected chi connectivity index (χ2v) is 3.88. The molecule has 17 heavy (non-hydrogen) atoms. The van der Waals surface area contributed by atoms with Crippen LogP contribution in [-0.4, -0.2) is 21.8 Å². The summed E-state index contributed by atoms with van der Waals surface area (Å²) in [5.41, 5.74) is 1.35. The van der Waals surface area contributed by atoms with Crippen molar-refractivity contribution in [2.75, 3.05) is 7.11 Å². The first-order valence-corrected chi connectivity index (χ1v) is 5.71. The summed E-state index contributed by atoms with van der Waals surface area (Å²) in [5, 5.41) is 2.76. The van der Waals surface area contributed by atoms with Gasteiger partial charge in [0.1, 0.15) is 5.75 Å². The Balaban J connectivity index is 1.91. The van der Waals surface area contributed by atoms with E-state index >= 15 is 0 Å². The summed E-state index contributed by atoms with van der Waals surface area (Å²) in [6, 6.07) is 7.51. The standard InChI is InChI=1S/C11H11N3O2S/c1-16-9-4-2-8(3-5-9)6-12-11(15)10-7-13-17-14-10/h2-5,7H,6H2,1H3,(H,12,15). The Bertz CT molecular complexity index is 482. The lowest BCUT2D eigenvalue weighted by Gasteiger charge is -2.04. The SMILES string of the molecule is COc1ccc(CNC(=O)c2cnsn2)cc1. The molecule has 0 atom stereocenters. The Morgan fingerprint density at radius 1 is 1.41 bits per heavy atom. The Morgan fingerprint density at radius 2 is 2.18 bits per heavy atom. The number of nitrogens with one attached hydrogen (secondary N) is 1. The zero-order chi connectivity index (χ0) is 12.1. The average molecular weight is 249 g/mol. The van der Waals surface area contributed by atoms with Crippen LogP contribution in [0.4, 0.5) is 0 Å². The molecule has 0 radical (unpaired) electrons. The van der Waals surface area contributed by atoms with E-state index in [2.05, 4.69) is 14.1 Å². The van der Waals surface area contributed by atoms with E-state index in [1.165, 1.54) is 6.20 Å². The fraction of sp³-hybridized carbons (Fsp3) is 0.182. The minimum absolute atomic E-state index is 0.213. The average Bonchev–Trinajstić information content (AvgIpc) is 2.90. The van der Waals surface area contributed by atoms with Crippen LogP contribution in [0, 0.1) is 0 Å². The van der Waals surface area contributed by atoms with Gasteiger partial charge >= 0.3 is 0 Å². The van der Waals surface area contributed by atoms with Crippen molar-refractivity contribution in [2.45, 2.75) is 6.54 Å². The molecular formula is C11H11N3O2S. The highest BCUT2D eigenvalue weighted by molar-refractivity contribution is 6.99. The van der Waals surface area contributed by atoms with Gasteiger partial charge in [0.2, 0.25) is 0 Å². The van der Waals surface area contributed by atoms with E-state index in [1.54, 1.807) is 7.11 Å². The first-order chi connectivity index (χ1) is 8.29. The molecule has 1 heterocycles. The number of rotatable bonds is 4. The summed E-state index contributed by atoms with van der Waals surface area (Å²) in [6.45, 7) is 0.459. The summed E-state index contributed by atoms with van der Waals surface area (Å²) in [4.78, 5) is 11.6. The second-order valence-electron chi connectivity index (χ2n) is 3.32. The Hall–Kier alpha value is -1.95. The van der Waals surface area contributed by atoms with E-state index in [0.29, 0.717) is 12.2 Å². The number of methoxy groups -OCH3 is 1. The van der Waals surface area contributed by atoms with E-state index in [0.717, 1.165) is 23.0 Å².